The maximum Gasteiger partial charge on any atom is 0 e. The van der Waals surface area contributed by atoms with Crippen molar-refractivity contribution in [2.24, 2.45) is 0 Å². The molecule has 0 amide bonds. The van der Waals surface area contributed by atoms with Crippen LogP contribution in [0.25, 0.3) is 5.73 Å². The average molecular weight is 445 g/mol. The van der Waals surface area contributed by atoms with Crippen molar-refractivity contribution in [2.75, 3.05) is 23.1 Å². The van der Waals surface area contributed by atoms with Gasteiger partial charge < -0.3 is 5.73 Å². The summed E-state index contributed by atoms with van der Waals surface area (Å²) in [6.45, 7) is 6.53. The molecule has 0 aromatic heterocycles. The second-order valence-corrected chi connectivity index (χ2v) is 4.75. The molecule has 13 heavy (non-hydrogen) atoms. The molecule has 1 nitrogen and oxygen atoms in total. The maximum atomic E-state index is 6.67. The van der Waals surface area contributed by atoms with Crippen molar-refractivity contribution in [1.82, 2.24) is 0 Å². The molecule has 0 heterocycles. The van der Waals surface area contributed by atoms with E-state index in [4.69, 9.17) is 5.73 Å². The summed E-state index contributed by atoms with van der Waals surface area (Å²) in [6.07, 6.45) is 2.52. The van der Waals surface area contributed by atoms with Gasteiger partial charge in [0, 0.05) is 29.9 Å². The topological polar surface area (TPSA) is 23.8 Å². The van der Waals surface area contributed by atoms with Crippen molar-refractivity contribution in [1.29, 1.82) is 0 Å². The van der Waals surface area contributed by atoms with E-state index in [1.165, 1.54) is 24.3 Å². The Balaban J connectivity index is -0.000000143. The maximum absolute atomic E-state index is 6.67. The molecule has 1 N–H and O–H groups in total. The first-order valence-electron chi connectivity index (χ1n) is 4.63. The summed E-state index contributed by atoms with van der Waals surface area (Å²) in [5, 5.41) is 0. The fourth-order valence-electron chi connectivity index (χ4n) is 0.505. The predicted molar refractivity (Wildman–Crippen MR) is 65.2 cm³/mol. The van der Waals surface area contributed by atoms with E-state index in [0.717, 1.165) is 5.75 Å². The number of rotatable bonds is 6. The summed E-state index contributed by atoms with van der Waals surface area (Å²) in [5.41, 5.74) is 6.67. The molecule has 81 valence electrons. The van der Waals surface area contributed by atoms with Crippen LogP contribution in [-0.2, 0) is 0 Å². The van der Waals surface area contributed by atoms with E-state index in [0.29, 0.717) is 5.88 Å². The standard InChI is InChI=1S/C5H12S.C4H10NS.Np/c1-3-5-6-4-2;1-2-3-6-4-5;/h3-5H2,1-2H3;5H,2-4H2,1H3;/q;-1;. The Morgan fingerprint density at radius 3 is 1.54 bits per heavy atom. The molecule has 0 aliphatic heterocycles. The second kappa shape index (κ2) is 23.5. The van der Waals surface area contributed by atoms with Crippen LogP contribution in [0.3, 0.4) is 0 Å². The normalized spacial score (nSPS) is 8.31. The molecule has 0 aliphatic rings. The second-order valence-electron chi connectivity index (χ2n) is 2.25. The van der Waals surface area contributed by atoms with E-state index in [1.807, 2.05) is 11.8 Å². The third-order valence-electron chi connectivity index (χ3n) is 1.00. The van der Waals surface area contributed by atoms with E-state index in [-0.39, 0.29) is 29.9 Å². The quantitative estimate of drug-likeness (QED) is 0.570. The SMILES string of the molecule is CCCSCC.CCCSC[NH-].[Np]. The fraction of sp³-hybridized carbons (Fsp3) is 1.00. The minimum atomic E-state index is 0. The van der Waals surface area contributed by atoms with Gasteiger partial charge in [0.1, 0.15) is 0 Å². The molecule has 0 bridgehead atoms. The number of thioether (sulfide) groups is 2. The first-order chi connectivity index (χ1) is 5.83. The van der Waals surface area contributed by atoms with Crippen LogP contribution in [0.4, 0.5) is 0 Å². The number of hydrogen-bond acceptors (Lipinski definition) is 2. The van der Waals surface area contributed by atoms with Crippen LogP contribution in [0.1, 0.15) is 33.6 Å². The molecule has 4 heteroatoms. The van der Waals surface area contributed by atoms with Crippen LogP contribution in [0.2, 0.25) is 0 Å². The third kappa shape index (κ3) is 31.6. The third-order valence-corrected chi connectivity index (χ3v) is 3.01. The van der Waals surface area contributed by atoms with Crippen molar-refractivity contribution in [3.63, 3.8) is 0 Å². The molecule has 0 rings (SSSR count). The summed E-state index contributed by atoms with van der Waals surface area (Å²) in [4.78, 5) is 0. The Kier molecular flexibility index (Phi) is 36.3. The molecule has 0 saturated heterocycles. The zero-order chi connectivity index (χ0) is 9.66. The van der Waals surface area contributed by atoms with Crippen molar-refractivity contribution >= 4 is 23.5 Å². The van der Waals surface area contributed by atoms with Gasteiger partial charge in [-0.25, -0.2) is 0 Å². The predicted octanol–water partition coefficient (Wildman–Crippen LogP) is 4.29. The molecule has 1 radical (unpaired) electrons. The Hall–Kier alpha value is 1.67. The molecule has 0 unspecified atom stereocenters. The average Bonchev–Trinajstić information content (AvgIpc) is 2.12. The summed E-state index contributed by atoms with van der Waals surface area (Å²) in [6, 6.07) is 0. The first kappa shape index (κ1) is 20.1. The molecular weight excluding hydrogens is 423 g/mol. The van der Waals surface area contributed by atoms with Crippen LogP contribution >= 0.6 is 23.5 Å². The van der Waals surface area contributed by atoms with Crippen LogP contribution in [0.5, 0.6) is 0 Å². The number of nitrogens with one attached hydrogen (secondary N) is 1. The smallest absolute Gasteiger partial charge is 0 e. The van der Waals surface area contributed by atoms with Gasteiger partial charge in [-0.2, -0.15) is 23.5 Å². The minimum absolute atomic E-state index is 0. The van der Waals surface area contributed by atoms with Crippen molar-refractivity contribution in [2.45, 2.75) is 33.6 Å². The van der Waals surface area contributed by atoms with Crippen molar-refractivity contribution in [3.05, 3.63) is 5.73 Å². The van der Waals surface area contributed by atoms with Gasteiger partial charge in [-0.3, -0.25) is 0 Å². The first-order valence-corrected chi connectivity index (χ1v) is 6.94. The van der Waals surface area contributed by atoms with Gasteiger partial charge in [-0.15, -0.1) is 5.88 Å². The Labute approximate surface area is 115 Å². The van der Waals surface area contributed by atoms with Gasteiger partial charge in [0.25, 0.3) is 0 Å². The summed E-state index contributed by atoms with van der Waals surface area (Å²) in [5.74, 6) is 4.27. The molecule has 0 aromatic carbocycles. The zero-order valence-corrected chi connectivity index (χ0v) is 14.4. The monoisotopic (exact) mass is 444 g/mol. The van der Waals surface area contributed by atoms with Crippen LogP contribution in [-0.4, -0.2) is 23.1 Å². The van der Waals surface area contributed by atoms with Crippen LogP contribution in [0, 0.1) is 29.9 Å². The summed E-state index contributed by atoms with van der Waals surface area (Å²) >= 11 is 3.68. The Morgan fingerprint density at radius 1 is 0.923 bits per heavy atom. The van der Waals surface area contributed by atoms with E-state index in [1.54, 1.807) is 11.8 Å². The molecule has 0 atom stereocenters. The summed E-state index contributed by atoms with van der Waals surface area (Å²) in [7, 11) is 0. The van der Waals surface area contributed by atoms with Crippen LogP contribution in [0.15, 0.2) is 0 Å². The molecule has 0 spiro atoms. The van der Waals surface area contributed by atoms with E-state index in [2.05, 4.69) is 20.8 Å². The Morgan fingerprint density at radius 2 is 1.38 bits per heavy atom. The van der Waals surface area contributed by atoms with Gasteiger partial charge in [0.2, 0.25) is 0 Å². The largest absolute Gasteiger partial charge is 0.669 e. The molecule has 0 aromatic rings. The fourth-order valence-corrected chi connectivity index (χ4v) is 1.52. The van der Waals surface area contributed by atoms with Gasteiger partial charge in [0.15, 0.2) is 0 Å². The Bertz CT molecular complexity index is 49.6. The molecular formula is C9H22NNpS2-. The molecule has 0 saturated carbocycles. The van der Waals surface area contributed by atoms with Gasteiger partial charge in [-0.05, 0) is 30.1 Å². The number of hydrogen-bond donors (Lipinski definition) is 0. The summed E-state index contributed by atoms with van der Waals surface area (Å²) < 4.78 is 0. The molecule has 0 aliphatic carbocycles. The van der Waals surface area contributed by atoms with Crippen molar-refractivity contribution in [3.8, 4) is 0 Å². The molecule has 0 fully saturated rings. The van der Waals surface area contributed by atoms with Crippen LogP contribution < -0.4 is 0 Å². The van der Waals surface area contributed by atoms with Gasteiger partial charge in [-0.1, -0.05) is 20.8 Å². The van der Waals surface area contributed by atoms with E-state index < -0.39 is 0 Å². The van der Waals surface area contributed by atoms with Gasteiger partial charge in [0.05, 0.1) is 0 Å². The van der Waals surface area contributed by atoms with Crippen molar-refractivity contribution < 1.29 is 29.9 Å². The van der Waals surface area contributed by atoms with E-state index in [9.17, 15) is 0 Å². The van der Waals surface area contributed by atoms with E-state index >= 15 is 0 Å². The zero-order valence-electron chi connectivity index (χ0n) is 9.01. The minimum Gasteiger partial charge on any atom is -0.669 e. The van der Waals surface area contributed by atoms with Gasteiger partial charge >= 0.3 is 0 Å².